The summed E-state index contributed by atoms with van der Waals surface area (Å²) >= 11 is 0. The van der Waals surface area contributed by atoms with Crippen molar-refractivity contribution in [2.24, 2.45) is 5.92 Å². The predicted molar refractivity (Wildman–Crippen MR) is 84.6 cm³/mol. The number of ether oxygens (including phenoxy) is 1. The van der Waals surface area contributed by atoms with Gasteiger partial charge in [-0.1, -0.05) is 29.3 Å². The Balaban J connectivity index is 2.32. The summed E-state index contributed by atoms with van der Waals surface area (Å²) in [5, 5.41) is 0. The highest BCUT2D eigenvalue weighted by molar-refractivity contribution is 6.05. The molecule has 0 radical (unpaired) electrons. The van der Waals surface area contributed by atoms with E-state index < -0.39 is 5.41 Å². The number of fused-ring (bicyclic) bond motifs is 3. The van der Waals surface area contributed by atoms with Crippen molar-refractivity contribution < 1.29 is 14.3 Å². The van der Waals surface area contributed by atoms with Crippen molar-refractivity contribution in [2.75, 3.05) is 19.1 Å². The molecule has 1 amide bonds. The number of allylic oxidation sites excluding steroid dienone is 2. The molecule has 1 heterocycles. The Kier molecular flexibility index (Phi) is 3.35. The predicted octanol–water partition coefficient (Wildman–Crippen LogP) is 2.82. The summed E-state index contributed by atoms with van der Waals surface area (Å²) in [6.07, 6.45) is 1.16. The number of amides is 1. The normalized spacial score (nSPS) is 27.4. The lowest BCUT2D eigenvalue weighted by Crippen LogP contribution is -2.56. The zero-order chi connectivity index (χ0) is 16.1. The van der Waals surface area contributed by atoms with Crippen molar-refractivity contribution in [1.82, 2.24) is 0 Å². The lowest BCUT2D eigenvalue weighted by molar-refractivity contribution is -0.153. The number of nitrogens with zero attached hydrogens (tertiary/aromatic N) is 1. The van der Waals surface area contributed by atoms with Crippen LogP contribution in [-0.2, 0) is 19.7 Å². The molecule has 4 nitrogen and oxygen atoms in total. The molecule has 1 aromatic carbocycles. The molecular weight excluding hydrogens is 278 g/mol. The Labute approximate surface area is 130 Å². The van der Waals surface area contributed by atoms with E-state index in [2.05, 4.69) is 0 Å². The molecule has 116 valence electrons. The number of benzene rings is 1. The Hall–Kier alpha value is -2.10. The van der Waals surface area contributed by atoms with Crippen LogP contribution in [0.25, 0.3) is 0 Å². The summed E-state index contributed by atoms with van der Waals surface area (Å²) in [6.45, 7) is 4.09. The molecule has 0 saturated carbocycles. The van der Waals surface area contributed by atoms with E-state index in [1.165, 1.54) is 18.3 Å². The topological polar surface area (TPSA) is 46.6 Å². The van der Waals surface area contributed by atoms with Crippen molar-refractivity contribution in [3.05, 3.63) is 41.0 Å². The van der Waals surface area contributed by atoms with E-state index in [0.717, 1.165) is 11.3 Å². The van der Waals surface area contributed by atoms with E-state index in [1.807, 2.05) is 38.1 Å². The molecule has 0 saturated heterocycles. The molecule has 0 spiro atoms. The van der Waals surface area contributed by atoms with Crippen LogP contribution in [0.1, 0.15) is 32.3 Å². The van der Waals surface area contributed by atoms with Crippen LogP contribution in [0.4, 0.5) is 5.69 Å². The summed E-state index contributed by atoms with van der Waals surface area (Å²) in [6, 6.07) is 7.67. The molecule has 1 aliphatic carbocycles. The van der Waals surface area contributed by atoms with Gasteiger partial charge in [-0.3, -0.25) is 9.59 Å². The highest BCUT2D eigenvalue weighted by Gasteiger charge is 2.57. The first-order valence-corrected chi connectivity index (χ1v) is 7.54. The van der Waals surface area contributed by atoms with Gasteiger partial charge in [-0.2, -0.15) is 0 Å². The minimum atomic E-state index is -0.890. The second kappa shape index (κ2) is 4.97. The molecule has 0 N–H and O–H groups in total. The quantitative estimate of drug-likeness (QED) is 0.592. The minimum absolute atomic E-state index is 0.00375. The van der Waals surface area contributed by atoms with Gasteiger partial charge in [0.25, 0.3) is 0 Å². The molecule has 1 aliphatic heterocycles. The molecule has 0 fully saturated rings. The van der Waals surface area contributed by atoms with Gasteiger partial charge in [0.2, 0.25) is 5.91 Å². The van der Waals surface area contributed by atoms with Crippen molar-refractivity contribution in [3.63, 3.8) is 0 Å². The molecule has 0 aromatic heterocycles. The SMILES string of the molecule is COC(=O)[C@@]12CC(C)=C(C)C[C@@H]1C(=O)N(C)c1ccccc12. The summed E-state index contributed by atoms with van der Waals surface area (Å²) in [5.74, 6) is -0.697. The maximum Gasteiger partial charge on any atom is 0.317 e. The van der Waals surface area contributed by atoms with E-state index in [0.29, 0.717) is 12.8 Å². The van der Waals surface area contributed by atoms with Gasteiger partial charge in [0.15, 0.2) is 0 Å². The molecule has 1 aromatic rings. The van der Waals surface area contributed by atoms with Crippen molar-refractivity contribution in [2.45, 2.75) is 32.1 Å². The highest BCUT2D eigenvalue weighted by atomic mass is 16.5. The van der Waals surface area contributed by atoms with Gasteiger partial charge in [0.1, 0.15) is 5.41 Å². The van der Waals surface area contributed by atoms with E-state index in [1.54, 1.807) is 11.9 Å². The van der Waals surface area contributed by atoms with Crippen LogP contribution >= 0.6 is 0 Å². The zero-order valence-electron chi connectivity index (χ0n) is 13.5. The molecule has 3 rings (SSSR count). The number of hydrogen-bond donors (Lipinski definition) is 0. The third-order valence-corrected chi connectivity index (χ3v) is 5.30. The standard InChI is InChI=1S/C18H21NO3/c1-11-9-14-16(20)19(3)15-8-6-5-7-13(15)18(14,10-12(11)2)17(21)22-4/h5-8,14H,9-10H2,1-4H3/t14-,18-/m1/s1. The van der Waals surface area contributed by atoms with Crippen LogP contribution in [0.3, 0.4) is 0 Å². The number of carbonyl (C=O) groups excluding carboxylic acids is 2. The molecule has 2 atom stereocenters. The van der Waals surface area contributed by atoms with Gasteiger partial charge in [-0.15, -0.1) is 0 Å². The molecular formula is C18H21NO3. The van der Waals surface area contributed by atoms with Crippen molar-refractivity contribution in [3.8, 4) is 0 Å². The largest absolute Gasteiger partial charge is 0.468 e. The van der Waals surface area contributed by atoms with Crippen LogP contribution in [-0.4, -0.2) is 26.0 Å². The molecule has 0 unspecified atom stereocenters. The average molecular weight is 299 g/mol. The number of hydrogen-bond acceptors (Lipinski definition) is 3. The summed E-state index contributed by atoms with van der Waals surface area (Å²) in [4.78, 5) is 27.3. The molecule has 4 heteroatoms. The summed E-state index contributed by atoms with van der Waals surface area (Å²) in [7, 11) is 3.18. The van der Waals surface area contributed by atoms with Gasteiger partial charge in [-0.05, 0) is 38.3 Å². The van der Waals surface area contributed by atoms with Crippen LogP contribution in [0.15, 0.2) is 35.4 Å². The number of methoxy groups -OCH3 is 1. The lowest BCUT2D eigenvalue weighted by atomic mass is 9.59. The number of para-hydroxylation sites is 1. The molecule has 2 aliphatic rings. The van der Waals surface area contributed by atoms with Crippen molar-refractivity contribution in [1.29, 1.82) is 0 Å². The fourth-order valence-corrected chi connectivity index (χ4v) is 3.93. The maximum atomic E-state index is 12.9. The Morgan fingerprint density at radius 2 is 1.95 bits per heavy atom. The van der Waals surface area contributed by atoms with Gasteiger partial charge < -0.3 is 9.64 Å². The van der Waals surface area contributed by atoms with Crippen molar-refractivity contribution >= 4 is 17.6 Å². The maximum absolute atomic E-state index is 12.9. The minimum Gasteiger partial charge on any atom is -0.468 e. The number of anilines is 1. The van der Waals surface area contributed by atoms with Gasteiger partial charge in [0, 0.05) is 12.7 Å². The third-order valence-electron chi connectivity index (χ3n) is 5.30. The van der Waals surface area contributed by atoms with E-state index >= 15 is 0 Å². The Bertz CT molecular complexity index is 691. The van der Waals surface area contributed by atoms with Gasteiger partial charge >= 0.3 is 5.97 Å². The van der Waals surface area contributed by atoms with Gasteiger partial charge in [-0.25, -0.2) is 0 Å². The van der Waals surface area contributed by atoms with Crippen LogP contribution in [0.5, 0.6) is 0 Å². The smallest absolute Gasteiger partial charge is 0.317 e. The molecule has 0 bridgehead atoms. The lowest BCUT2D eigenvalue weighted by Gasteiger charge is -2.48. The molecule has 22 heavy (non-hydrogen) atoms. The van der Waals surface area contributed by atoms with E-state index in [4.69, 9.17) is 4.74 Å². The second-order valence-electron chi connectivity index (χ2n) is 6.37. The van der Waals surface area contributed by atoms with Gasteiger partial charge in [0.05, 0.1) is 13.0 Å². The number of carbonyl (C=O) groups is 2. The average Bonchev–Trinajstić information content (AvgIpc) is 2.54. The first-order valence-electron chi connectivity index (χ1n) is 7.54. The Morgan fingerprint density at radius 1 is 1.27 bits per heavy atom. The second-order valence-corrected chi connectivity index (χ2v) is 6.37. The van der Waals surface area contributed by atoms with Crippen LogP contribution in [0.2, 0.25) is 0 Å². The fourth-order valence-electron chi connectivity index (χ4n) is 3.93. The monoisotopic (exact) mass is 299 g/mol. The Morgan fingerprint density at radius 3 is 2.64 bits per heavy atom. The number of esters is 1. The zero-order valence-corrected chi connectivity index (χ0v) is 13.5. The van der Waals surface area contributed by atoms with E-state index in [-0.39, 0.29) is 17.8 Å². The van der Waals surface area contributed by atoms with Crippen LogP contribution < -0.4 is 4.90 Å². The van der Waals surface area contributed by atoms with E-state index in [9.17, 15) is 9.59 Å². The third kappa shape index (κ3) is 1.76. The first-order chi connectivity index (χ1) is 10.4. The summed E-state index contributed by atoms with van der Waals surface area (Å²) < 4.78 is 5.14. The number of rotatable bonds is 1. The van der Waals surface area contributed by atoms with Crippen LogP contribution in [0, 0.1) is 5.92 Å². The summed E-state index contributed by atoms with van der Waals surface area (Å²) in [5.41, 5.74) is 3.19. The fraction of sp³-hybridized carbons (Fsp3) is 0.444. The highest BCUT2D eigenvalue weighted by Crippen LogP contribution is 2.52. The first kappa shape index (κ1) is 14.8.